The molecule has 4 rings (SSSR count). The number of pyridine rings is 1. The van der Waals surface area contributed by atoms with Crippen LogP contribution >= 0.6 is 0 Å². The number of ether oxygens (including phenoxy) is 2. The first-order chi connectivity index (χ1) is 14.0. The average molecular weight is 392 g/mol. The molecule has 0 saturated heterocycles. The predicted octanol–water partition coefficient (Wildman–Crippen LogP) is 5.59. The smallest absolute Gasteiger partial charge is 0.248 e. The van der Waals surface area contributed by atoms with Gasteiger partial charge in [-0.1, -0.05) is 25.1 Å². The van der Waals surface area contributed by atoms with Gasteiger partial charge >= 0.3 is 0 Å². The van der Waals surface area contributed by atoms with Gasteiger partial charge in [-0.05, 0) is 84.9 Å². The summed E-state index contributed by atoms with van der Waals surface area (Å²) in [5.41, 5.74) is 3.17. The van der Waals surface area contributed by atoms with Crippen molar-refractivity contribution in [1.82, 2.24) is 4.98 Å². The van der Waals surface area contributed by atoms with E-state index >= 15 is 0 Å². The molecule has 0 radical (unpaired) electrons. The molecule has 0 bridgehead atoms. The van der Waals surface area contributed by atoms with E-state index < -0.39 is 0 Å². The Bertz CT molecular complexity index is 1040. The number of aromatic amines is 1. The molecule has 1 aromatic heterocycles. The third-order valence-corrected chi connectivity index (χ3v) is 6.30. The first-order valence-corrected chi connectivity index (χ1v) is 10.5. The Kier molecular flexibility index (Phi) is 5.72. The van der Waals surface area contributed by atoms with Gasteiger partial charge in [-0.25, -0.2) is 0 Å². The highest BCUT2D eigenvalue weighted by Crippen LogP contribution is 2.39. The summed E-state index contributed by atoms with van der Waals surface area (Å²) in [4.78, 5) is 14.3. The molecule has 4 unspecified atom stereocenters. The lowest BCUT2D eigenvalue weighted by molar-refractivity contribution is 0.0493. The standard InChI is InChI=1S/C25H29NO3/c1-16-7-10-21(28-3)15-23(16)19-5-4-6-22(14-19)29-17(2)18-8-11-24-20(13-18)9-12-25(27)26-24/h4-6,8-9,11-14,16-17,21,23H,7,10,15H2,1-3H3,(H,26,27). The molecule has 1 heterocycles. The van der Waals surface area contributed by atoms with Crippen molar-refractivity contribution in [2.75, 3.05) is 7.11 Å². The molecule has 1 N–H and O–H groups in total. The van der Waals surface area contributed by atoms with E-state index in [4.69, 9.17) is 9.47 Å². The molecule has 29 heavy (non-hydrogen) atoms. The Balaban J connectivity index is 1.53. The molecule has 3 aromatic rings. The zero-order valence-corrected chi connectivity index (χ0v) is 17.4. The molecule has 4 nitrogen and oxygen atoms in total. The zero-order valence-electron chi connectivity index (χ0n) is 17.4. The summed E-state index contributed by atoms with van der Waals surface area (Å²) in [6, 6.07) is 18.0. The highest BCUT2D eigenvalue weighted by molar-refractivity contribution is 5.79. The van der Waals surface area contributed by atoms with Crippen molar-refractivity contribution in [3.63, 3.8) is 0 Å². The molecule has 4 atom stereocenters. The minimum Gasteiger partial charge on any atom is -0.486 e. The maximum atomic E-state index is 11.5. The van der Waals surface area contributed by atoms with Crippen LogP contribution in [0.15, 0.2) is 59.4 Å². The predicted molar refractivity (Wildman–Crippen MR) is 117 cm³/mol. The van der Waals surface area contributed by atoms with Gasteiger partial charge in [0.1, 0.15) is 11.9 Å². The Morgan fingerprint density at radius 3 is 2.76 bits per heavy atom. The lowest BCUT2D eigenvalue weighted by Crippen LogP contribution is -2.26. The average Bonchev–Trinajstić information content (AvgIpc) is 2.74. The SMILES string of the molecule is COC1CCC(C)C(c2cccc(OC(C)c3ccc4[nH]c(=O)ccc4c3)c2)C1. The molecule has 4 heteroatoms. The molecule has 0 aliphatic heterocycles. The van der Waals surface area contributed by atoms with Crippen molar-refractivity contribution in [2.45, 2.75) is 51.2 Å². The number of hydrogen-bond acceptors (Lipinski definition) is 3. The zero-order chi connectivity index (χ0) is 20.4. The maximum absolute atomic E-state index is 11.5. The number of H-pyrrole nitrogens is 1. The van der Waals surface area contributed by atoms with Gasteiger partial charge in [-0.2, -0.15) is 0 Å². The van der Waals surface area contributed by atoms with Gasteiger partial charge in [-0.15, -0.1) is 0 Å². The van der Waals surface area contributed by atoms with Gasteiger partial charge in [0.05, 0.1) is 6.10 Å². The minimum atomic E-state index is -0.0860. The van der Waals surface area contributed by atoms with E-state index in [1.54, 1.807) is 6.07 Å². The number of benzene rings is 2. The third-order valence-electron chi connectivity index (χ3n) is 6.30. The van der Waals surface area contributed by atoms with Gasteiger partial charge in [-0.3, -0.25) is 4.79 Å². The second-order valence-corrected chi connectivity index (χ2v) is 8.26. The topological polar surface area (TPSA) is 51.3 Å². The quantitative estimate of drug-likeness (QED) is 0.617. The molecule has 0 amide bonds. The van der Waals surface area contributed by atoms with Crippen LogP contribution in [0.3, 0.4) is 0 Å². The van der Waals surface area contributed by atoms with Crippen LogP contribution in [-0.2, 0) is 4.74 Å². The summed E-state index contributed by atoms with van der Waals surface area (Å²) in [5, 5.41) is 1.01. The molecular weight excluding hydrogens is 362 g/mol. The van der Waals surface area contributed by atoms with E-state index in [-0.39, 0.29) is 11.7 Å². The number of hydrogen-bond donors (Lipinski definition) is 1. The summed E-state index contributed by atoms with van der Waals surface area (Å²) >= 11 is 0. The molecule has 1 fully saturated rings. The molecule has 2 aromatic carbocycles. The van der Waals surface area contributed by atoms with E-state index in [2.05, 4.69) is 43.1 Å². The molecule has 0 spiro atoms. The first kappa shape index (κ1) is 19.7. The highest BCUT2D eigenvalue weighted by Gasteiger charge is 2.29. The second-order valence-electron chi connectivity index (χ2n) is 8.26. The van der Waals surface area contributed by atoms with Gasteiger partial charge in [0.25, 0.3) is 0 Å². The minimum absolute atomic E-state index is 0.0842. The Labute approximate surface area is 171 Å². The lowest BCUT2D eigenvalue weighted by Gasteiger charge is -2.34. The van der Waals surface area contributed by atoms with E-state index in [0.717, 1.165) is 35.1 Å². The summed E-state index contributed by atoms with van der Waals surface area (Å²) in [5.74, 6) is 2.05. The first-order valence-electron chi connectivity index (χ1n) is 10.5. The summed E-state index contributed by atoms with van der Waals surface area (Å²) in [7, 11) is 1.82. The largest absolute Gasteiger partial charge is 0.486 e. The van der Waals surface area contributed by atoms with Crippen molar-refractivity contribution >= 4 is 10.9 Å². The summed E-state index contributed by atoms with van der Waals surface area (Å²) in [6.45, 7) is 4.40. The highest BCUT2D eigenvalue weighted by atomic mass is 16.5. The molecular formula is C25H29NO3. The van der Waals surface area contributed by atoms with Crippen LogP contribution in [0.5, 0.6) is 5.75 Å². The van der Waals surface area contributed by atoms with Gasteiger partial charge in [0.2, 0.25) is 5.56 Å². The fraction of sp³-hybridized carbons (Fsp3) is 0.400. The van der Waals surface area contributed by atoms with E-state index in [1.807, 2.05) is 31.4 Å². The molecule has 1 saturated carbocycles. The van der Waals surface area contributed by atoms with Crippen LogP contribution in [-0.4, -0.2) is 18.2 Å². The number of aromatic nitrogens is 1. The van der Waals surface area contributed by atoms with Crippen molar-refractivity contribution in [3.05, 3.63) is 76.1 Å². The van der Waals surface area contributed by atoms with Gasteiger partial charge < -0.3 is 14.5 Å². The Morgan fingerprint density at radius 1 is 1.07 bits per heavy atom. The molecule has 1 aliphatic carbocycles. The Morgan fingerprint density at radius 2 is 1.93 bits per heavy atom. The van der Waals surface area contributed by atoms with Crippen molar-refractivity contribution in [1.29, 1.82) is 0 Å². The maximum Gasteiger partial charge on any atom is 0.248 e. The van der Waals surface area contributed by atoms with Crippen LogP contribution in [0.1, 0.15) is 56.3 Å². The van der Waals surface area contributed by atoms with E-state index in [9.17, 15) is 4.79 Å². The van der Waals surface area contributed by atoms with Crippen molar-refractivity contribution < 1.29 is 9.47 Å². The van der Waals surface area contributed by atoms with Crippen molar-refractivity contribution in [3.8, 4) is 5.75 Å². The van der Waals surface area contributed by atoms with Crippen LogP contribution in [0.4, 0.5) is 0 Å². The van der Waals surface area contributed by atoms with Gasteiger partial charge in [0.15, 0.2) is 0 Å². The van der Waals surface area contributed by atoms with E-state index in [1.165, 1.54) is 12.0 Å². The van der Waals surface area contributed by atoms with Gasteiger partial charge in [0, 0.05) is 18.7 Å². The van der Waals surface area contributed by atoms with Crippen molar-refractivity contribution in [2.24, 2.45) is 5.92 Å². The number of fused-ring (bicyclic) bond motifs is 1. The fourth-order valence-electron chi connectivity index (χ4n) is 4.48. The summed E-state index contributed by atoms with van der Waals surface area (Å²) < 4.78 is 11.9. The monoisotopic (exact) mass is 391 g/mol. The third kappa shape index (κ3) is 4.38. The fourth-order valence-corrected chi connectivity index (χ4v) is 4.48. The number of nitrogens with one attached hydrogen (secondary N) is 1. The summed E-state index contributed by atoms with van der Waals surface area (Å²) in [6.07, 6.45) is 3.68. The lowest BCUT2D eigenvalue weighted by atomic mass is 9.75. The normalized spacial score (nSPS) is 23.1. The second kappa shape index (κ2) is 8.42. The van der Waals surface area contributed by atoms with Crippen LogP contribution < -0.4 is 10.3 Å². The van der Waals surface area contributed by atoms with E-state index in [0.29, 0.717) is 17.9 Å². The van der Waals surface area contributed by atoms with Crippen LogP contribution in [0.25, 0.3) is 10.9 Å². The van der Waals surface area contributed by atoms with Crippen LogP contribution in [0, 0.1) is 5.92 Å². The van der Waals surface area contributed by atoms with Crippen LogP contribution in [0.2, 0.25) is 0 Å². The molecule has 152 valence electrons. The Hall–Kier alpha value is -2.59. The number of rotatable bonds is 5. The number of methoxy groups -OCH3 is 1. The molecule has 1 aliphatic rings.